The number of methoxy groups -OCH3 is 1. The molecule has 0 radical (unpaired) electrons. The quantitative estimate of drug-likeness (QED) is 0.435. The molecular weight excluding hydrogens is 397 g/mol. The van der Waals surface area contributed by atoms with Gasteiger partial charge in [-0.05, 0) is 46.8 Å². The average Bonchev–Trinajstić information content (AvgIpc) is 3.14. The van der Waals surface area contributed by atoms with Gasteiger partial charge in [0.05, 0.1) is 18.6 Å². The van der Waals surface area contributed by atoms with Crippen molar-refractivity contribution < 1.29 is 27.4 Å². The van der Waals surface area contributed by atoms with E-state index in [1.165, 1.54) is 23.9 Å². The Morgan fingerprint density at radius 1 is 1.14 bits per heavy atom. The molecule has 0 aliphatic heterocycles. The third-order valence-electron chi connectivity index (χ3n) is 3.48. The monoisotopic (exact) mass is 410 g/mol. The lowest BCUT2D eigenvalue weighted by atomic mass is 10.1. The van der Waals surface area contributed by atoms with Crippen LogP contribution in [0.4, 0.5) is 13.2 Å². The zero-order valence-electron chi connectivity index (χ0n) is 14.4. The first-order valence-electron chi connectivity index (χ1n) is 7.80. The van der Waals surface area contributed by atoms with Crippen LogP contribution in [0.15, 0.2) is 53.7 Å². The number of ether oxygens (including phenoxy) is 2. The fourth-order valence-electron chi connectivity index (χ4n) is 2.23. The van der Waals surface area contributed by atoms with E-state index in [0.29, 0.717) is 22.2 Å². The Balaban J connectivity index is 1.69. The van der Waals surface area contributed by atoms with E-state index in [9.17, 15) is 18.0 Å². The van der Waals surface area contributed by atoms with E-state index in [4.69, 9.17) is 4.74 Å². The first-order chi connectivity index (χ1) is 13.4. The number of nitrogens with zero attached hydrogens (tertiary/aromatic N) is 4. The predicted octanol–water partition coefficient (Wildman–Crippen LogP) is 3.54. The number of aromatic nitrogens is 4. The van der Waals surface area contributed by atoms with Gasteiger partial charge in [-0.1, -0.05) is 23.9 Å². The van der Waals surface area contributed by atoms with E-state index in [-0.39, 0.29) is 17.3 Å². The van der Waals surface area contributed by atoms with Crippen LogP contribution in [0, 0.1) is 0 Å². The molecular formula is C17H13F3N4O3S. The molecule has 0 spiro atoms. The minimum Gasteiger partial charge on any atom is -0.497 e. The van der Waals surface area contributed by atoms with Crippen LogP contribution in [-0.2, 0) is 0 Å². The Bertz CT molecular complexity index is 961. The van der Waals surface area contributed by atoms with Gasteiger partial charge in [-0.2, -0.15) is 4.68 Å². The number of Topliss-reactive ketones (excluding diaryl/α,β-unsaturated/α-hetero) is 1. The van der Waals surface area contributed by atoms with E-state index in [1.54, 1.807) is 24.3 Å². The number of ketones is 1. The molecule has 0 aliphatic rings. The highest BCUT2D eigenvalue weighted by atomic mass is 32.2. The molecule has 1 heterocycles. The van der Waals surface area contributed by atoms with E-state index in [1.807, 2.05) is 0 Å². The van der Waals surface area contributed by atoms with Crippen molar-refractivity contribution in [3.63, 3.8) is 0 Å². The van der Waals surface area contributed by atoms with E-state index in [0.717, 1.165) is 23.9 Å². The molecule has 0 saturated carbocycles. The van der Waals surface area contributed by atoms with Gasteiger partial charge in [0, 0.05) is 5.56 Å². The average molecular weight is 410 g/mol. The van der Waals surface area contributed by atoms with Crippen LogP contribution in [0.25, 0.3) is 5.69 Å². The molecule has 1 aromatic heterocycles. The van der Waals surface area contributed by atoms with Crippen LogP contribution >= 0.6 is 11.8 Å². The SMILES string of the molecule is COc1cccc(C(=O)CSc2nnnn2-c2ccc(OC(F)(F)F)cc2)c1. The van der Waals surface area contributed by atoms with Gasteiger partial charge in [-0.25, -0.2) is 0 Å². The van der Waals surface area contributed by atoms with Crippen LogP contribution in [-0.4, -0.2) is 45.2 Å². The van der Waals surface area contributed by atoms with Crippen molar-refractivity contribution in [3.8, 4) is 17.2 Å². The Kier molecular flexibility index (Phi) is 5.83. The molecule has 0 bridgehead atoms. The maximum atomic E-state index is 12.4. The summed E-state index contributed by atoms with van der Waals surface area (Å²) in [5, 5.41) is 11.5. The molecule has 0 amide bonds. The Morgan fingerprint density at radius 3 is 2.57 bits per heavy atom. The topological polar surface area (TPSA) is 79.1 Å². The molecule has 3 rings (SSSR count). The number of carbonyl (C=O) groups excluding carboxylic acids is 1. The minimum atomic E-state index is -4.77. The van der Waals surface area contributed by atoms with Gasteiger partial charge in [0.25, 0.3) is 0 Å². The highest BCUT2D eigenvalue weighted by Crippen LogP contribution is 2.25. The lowest BCUT2D eigenvalue weighted by Gasteiger charge is -2.09. The highest BCUT2D eigenvalue weighted by Gasteiger charge is 2.31. The van der Waals surface area contributed by atoms with Gasteiger partial charge in [0.15, 0.2) is 5.78 Å². The van der Waals surface area contributed by atoms with Gasteiger partial charge in [0.1, 0.15) is 11.5 Å². The number of rotatable bonds is 7. The van der Waals surface area contributed by atoms with Crippen molar-refractivity contribution in [1.29, 1.82) is 0 Å². The number of alkyl halides is 3. The molecule has 0 saturated heterocycles. The van der Waals surface area contributed by atoms with Gasteiger partial charge in [0.2, 0.25) is 5.16 Å². The summed E-state index contributed by atoms with van der Waals surface area (Å²) >= 11 is 1.10. The highest BCUT2D eigenvalue weighted by molar-refractivity contribution is 7.99. The van der Waals surface area contributed by atoms with E-state index >= 15 is 0 Å². The normalized spacial score (nSPS) is 11.3. The van der Waals surface area contributed by atoms with Crippen LogP contribution in [0.5, 0.6) is 11.5 Å². The van der Waals surface area contributed by atoms with Gasteiger partial charge >= 0.3 is 6.36 Å². The minimum absolute atomic E-state index is 0.0722. The second kappa shape index (κ2) is 8.30. The Hall–Kier alpha value is -3.08. The van der Waals surface area contributed by atoms with Crippen molar-refractivity contribution in [2.24, 2.45) is 0 Å². The first kappa shape index (κ1) is 19.7. The van der Waals surface area contributed by atoms with Crippen molar-refractivity contribution >= 4 is 17.5 Å². The number of benzene rings is 2. The van der Waals surface area contributed by atoms with Crippen LogP contribution in [0.1, 0.15) is 10.4 Å². The molecule has 11 heteroatoms. The molecule has 2 aromatic carbocycles. The molecule has 3 aromatic rings. The number of hydrogen-bond donors (Lipinski definition) is 0. The zero-order valence-corrected chi connectivity index (χ0v) is 15.2. The summed E-state index contributed by atoms with van der Waals surface area (Å²) in [5.74, 6) is 0.143. The second-order valence-electron chi connectivity index (χ2n) is 5.36. The summed E-state index contributed by atoms with van der Waals surface area (Å²) in [4.78, 5) is 12.4. The predicted molar refractivity (Wildman–Crippen MR) is 93.9 cm³/mol. The van der Waals surface area contributed by atoms with E-state index in [2.05, 4.69) is 20.3 Å². The summed E-state index contributed by atoms with van der Waals surface area (Å²) in [7, 11) is 1.51. The fraction of sp³-hybridized carbons (Fsp3) is 0.176. The number of thioether (sulfide) groups is 1. The Labute approximate surface area is 161 Å². The van der Waals surface area contributed by atoms with Crippen LogP contribution in [0.3, 0.4) is 0 Å². The molecule has 7 nitrogen and oxygen atoms in total. The molecule has 146 valence electrons. The van der Waals surface area contributed by atoms with Crippen molar-refractivity contribution in [2.45, 2.75) is 11.5 Å². The molecule has 0 atom stereocenters. The van der Waals surface area contributed by atoms with Crippen molar-refractivity contribution in [2.75, 3.05) is 12.9 Å². The van der Waals surface area contributed by atoms with Crippen LogP contribution in [0.2, 0.25) is 0 Å². The van der Waals surface area contributed by atoms with Crippen molar-refractivity contribution in [3.05, 3.63) is 54.1 Å². The molecule has 0 aliphatic carbocycles. The molecule has 28 heavy (non-hydrogen) atoms. The first-order valence-corrected chi connectivity index (χ1v) is 8.79. The van der Waals surface area contributed by atoms with E-state index < -0.39 is 6.36 Å². The van der Waals surface area contributed by atoms with Gasteiger partial charge < -0.3 is 9.47 Å². The standard InChI is InChI=1S/C17H13F3N4O3S/c1-26-14-4-2-3-11(9-14)15(25)10-28-16-21-22-23-24(16)12-5-7-13(8-6-12)27-17(18,19)20/h2-9H,10H2,1H3. The molecule has 0 unspecified atom stereocenters. The number of hydrogen-bond acceptors (Lipinski definition) is 7. The third-order valence-corrected chi connectivity index (χ3v) is 4.40. The lowest BCUT2D eigenvalue weighted by molar-refractivity contribution is -0.274. The fourth-order valence-corrected chi connectivity index (χ4v) is 3.02. The summed E-state index contributed by atoms with van der Waals surface area (Å²) in [6.45, 7) is 0. The largest absolute Gasteiger partial charge is 0.573 e. The summed E-state index contributed by atoms with van der Waals surface area (Å²) in [6, 6.07) is 11.8. The number of tetrazole rings is 1. The summed E-state index contributed by atoms with van der Waals surface area (Å²) in [6.07, 6.45) is -4.77. The summed E-state index contributed by atoms with van der Waals surface area (Å²) in [5.41, 5.74) is 0.912. The maximum Gasteiger partial charge on any atom is 0.573 e. The number of halogens is 3. The third kappa shape index (κ3) is 5.00. The number of carbonyl (C=O) groups is 1. The molecule has 0 N–H and O–H groups in total. The van der Waals surface area contributed by atoms with Crippen molar-refractivity contribution in [1.82, 2.24) is 20.2 Å². The lowest BCUT2D eigenvalue weighted by Crippen LogP contribution is -2.17. The second-order valence-corrected chi connectivity index (χ2v) is 6.30. The molecule has 0 fully saturated rings. The van der Waals surface area contributed by atoms with Gasteiger partial charge in [-0.15, -0.1) is 18.3 Å². The van der Waals surface area contributed by atoms with Gasteiger partial charge in [-0.3, -0.25) is 4.79 Å². The zero-order chi connectivity index (χ0) is 20.1. The maximum absolute atomic E-state index is 12.4. The Morgan fingerprint density at radius 2 is 1.89 bits per heavy atom. The summed E-state index contributed by atoms with van der Waals surface area (Å²) < 4.78 is 47.0. The smallest absolute Gasteiger partial charge is 0.497 e. The van der Waals surface area contributed by atoms with Crippen LogP contribution < -0.4 is 9.47 Å².